The highest BCUT2D eigenvalue weighted by atomic mass is 17.3. The molecule has 3 amide bonds. The van der Waals surface area contributed by atoms with E-state index in [1.807, 2.05) is 27.7 Å². The van der Waals surface area contributed by atoms with Gasteiger partial charge in [0.15, 0.2) is 11.9 Å². The van der Waals surface area contributed by atoms with Gasteiger partial charge >= 0.3 is 5.97 Å². The predicted molar refractivity (Wildman–Crippen MR) is 145 cm³/mol. The van der Waals surface area contributed by atoms with E-state index >= 15 is 0 Å². The van der Waals surface area contributed by atoms with Gasteiger partial charge in [-0.3, -0.25) is 24.5 Å². The zero-order valence-corrected chi connectivity index (χ0v) is 24.3. The zero-order chi connectivity index (χ0) is 29.6. The summed E-state index contributed by atoms with van der Waals surface area (Å²) in [5.74, 6) is -2.55. The first-order chi connectivity index (χ1) is 19.4. The summed E-state index contributed by atoms with van der Waals surface area (Å²) in [6.45, 7) is 9.79. The van der Waals surface area contributed by atoms with Crippen molar-refractivity contribution >= 4 is 29.4 Å². The molecule has 41 heavy (non-hydrogen) atoms. The molecule has 1 spiro atoms. The fraction of sp³-hybridized carbons (Fsp3) is 0.667. The van der Waals surface area contributed by atoms with Crippen LogP contribution >= 0.6 is 0 Å². The Kier molecular flexibility index (Phi) is 8.01. The SMILES string of the molecule is CCC1(c2ccc(NC(=O)CCC(=O)OC3OC4OC5(C)CCC(C)C4(OO5)C(C)C3C)cc2)CCC(=O)NC1=O. The summed E-state index contributed by atoms with van der Waals surface area (Å²) in [7, 11) is 0. The third-order valence-corrected chi connectivity index (χ3v) is 9.67. The second-order valence-corrected chi connectivity index (χ2v) is 12.1. The molecule has 11 heteroatoms. The fourth-order valence-electron chi connectivity index (χ4n) is 6.62. The Morgan fingerprint density at radius 2 is 1.80 bits per heavy atom. The van der Waals surface area contributed by atoms with Crippen LogP contribution in [0.25, 0.3) is 0 Å². The average Bonchev–Trinajstić information content (AvgIpc) is 3.14. The van der Waals surface area contributed by atoms with E-state index in [2.05, 4.69) is 17.6 Å². The monoisotopic (exact) mass is 572 g/mol. The Hall–Kier alpha value is -2.86. The van der Waals surface area contributed by atoms with Crippen molar-refractivity contribution in [3.8, 4) is 0 Å². The summed E-state index contributed by atoms with van der Waals surface area (Å²) < 4.78 is 18.0. The number of carbonyl (C=O) groups is 4. The number of hydrogen-bond acceptors (Lipinski definition) is 9. The van der Waals surface area contributed by atoms with E-state index in [-0.39, 0.29) is 54.7 Å². The van der Waals surface area contributed by atoms with Gasteiger partial charge in [0.25, 0.3) is 0 Å². The minimum atomic E-state index is -0.928. The summed E-state index contributed by atoms with van der Waals surface area (Å²) in [6.07, 6.45) is 1.00. The van der Waals surface area contributed by atoms with Crippen molar-refractivity contribution in [2.45, 2.75) is 109 Å². The Bertz CT molecular complexity index is 1200. The van der Waals surface area contributed by atoms with Gasteiger partial charge < -0.3 is 19.5 Å². The number of fused-ring (bicyclic) bond motifs is 3. The Morgan fingerprint density at radius 1 is 1.07 bits per heavy atom. The molecular weight excluding hydrogens is 532 g/mol. The first-order valence-corrected chi connectivity index (χ1v) is 14.6. The standard InChI is InChI=1S/C30H40N2O9/c1-6-29(16-14-23(34)32-26(29)36)20-7-9-21(10-8-20)31-22(33)11-12-24(35)37-25-18(3)19(4)30-17(2)13-15-28(5,40-41-30)39-27(30)38-25/h7-10,17-19,25,27H,6,11-16H2,1-5H3,(H,31,33)(H,32,34,36). The van der Waals surface area contributed by atoms with Gasteiger partial charge in [-0.05, 0) is 49.8 Å². The van der Waals surface area contributed by atoms with E-state index in [9.17, 15) is 19.2 Å². The molecule has 8 unspecified atom stereocenters. The maximum Gasteiger partial charge on any atom is 0.308 e. The minimum absolute atomic E-state index is 0.0728. The molecule has 5 aliphatic rings. The third kappa shape index (κ3) is 5.29. The van der Waals surface area contributed by atoms with E-state index in [0.717, 1.165) is 12.0 Å². The number of amides is 3. The molecule has 0 radical (unpaired) electrons. The summed E-state index contributed by atoms with van der Waals surface area (Å²) in [5.41, 5.74) is -0.246. The Balaban J connectivity index is 1.14. The smallest absolute Gasteiger partial charge is 0.308 e. The molecule has 5 fully saturated rings. The lowest BCUT2D eigenvalue weighted by molar-refractivity contribution is -0.571. The van der Waals surface area contributed by atoms with Crippen LogP contribution in [0.15, 0.2) is 24.3 Å². The van der Waals surface area contributed by atoms with Crippen LogP contribution in [0.4, 0.5) is 5.69 Å². The molecular formula is C30H40N2O9. The van der Waals surface area contributed by atoms with Gasteiger partial charge in [0.1, 0.15) is 0 Å². The second kappa shape index (κ2) is 11.1. The molecule has 224 valence electrons. The molecule has 5 saturated heterocycles. The van der Waals surface area contributed by atoms with Gasteiger partial charge in [-0.2, -0.15) is 0 Å². The van der Waals surface area contributed by atoms with Gasteiger partial charge in [-0.15, -0.1) is 0 Å². The summed E-state index contributed by atoms with van der Waals surface area (Å²) in [6, 6.07) is 7.01. The molecule has 5 aliphatic heterocycles. The van der Waals surface area contributed by atoms with Crippen molar-refractivity contribution in [1.82, 2.24) is 5.32 Å². The number of nitrogens with one attached hydrogen (secondary N) is 2. The van der Waals surface area contributed by atoms with Crippen LogP contribution in [-0.4, -0.2) is 47.7 Å². The van der Waals surface area contributed by atoms with E-state index in [1.165, 1.54) is 0 Å². The zero-order valence-electron chi connectivity index (χ0n) is 24.3. The van der Waals surface area contributed by atoms with Crippen LogP contribution in [0, 0.1) is 17.8 Å². The predicted octanol–water partition coefficient (Wildman–Crippen LogP) is 3.85. The quantitative estimate of drug-likeness (QED) is 0.283. The normalized spacial score (nSPS) is 38.4. The molecule has 8 atom stereocenters. The van der Waals surface area contributed by atoms with Crippen molar-refractivity contribution in [3.63, 3.8) is 0 Å². The number of piperidine rings is 1. The molecule has 1 aromatic rings. The van der Waals surface area contributed by atoms with Gasteiger partial charge in [-0.25, -0.2) is 9.78 Å². The van der Waals surface area contributed by atoms with Crippen molar-refractivity contribution in [1.29, 1.82) is 0 Å². The first kappa shape index (κ1) is 29.6. The number of imide groups is 1. The lowest BCUT2D eigenvalue weighted by Gasteiger charge is -2.55. The number of rotatable bonds is 7. The number of benzene rings is 1. The van der Waals surface area contributed by atoms with Crippen molar-refractivity contribution < 1.29 is 43.2 Å². The highest BCUT2D eigenvalue weighted by molar-refractivity contribution is 6.03. The molecule has 2 bridgehead atoms. The second-order valence-electron chi connectivity index (χ2n) is 12.1. The third-order valence-electron chi connectivity index (χ3n) is 9.67. The van der Waals surface area contributed by atoms with E-state index < -0.39 is 35.4 Å². The molecule has 11 nitrogen and oxygen atoms in total. The summed E-state index contributed by atoms with van der Waals surface area (Å²) in [4.78, 5) is 61.2. The van der Waals surface area contributed by atoms with Gasteiger partial charge in [0, 0.05) is 36.8 Å². The molecule has 5 heterocycles. The Labute approximate surface area is 239 Å². The molecule has 1 aromatic carbocycles. The van der Waals surface area contributed by atoms with Gasteiger partial charge in [0.05, 0.1) is 11.8 Å². The van der Waals surface area contributed by atoms with Crippen LogP contribution in [-0.2, 0) is 48.6 Å². The van der Waals surface area contributed by atoms with Gasteiger partial charge in [-0.1, -0.05) is 39.8 Å². The summed E-state index contributed by atoms with van der Waals surface area (Å²) in [5, 5.41) is 5.22. The fourth-order valence-corrected chi connectivity index (χ4v) is 6.62. The molecule has 2 N–H and O–H groups in total. The van der Waals surface area contributed by atoms with Crippen molar-refractivity contribution in [3.05, 3.63) is 29.8 Å². The van der Waals surface area contributed by atoms with Crippen LogP contribution in [0.1, 0.15) is 85.1 Å². The van der Waals surface area contributed by atoms with Crippen LogP contribution in [0.5, 0.6) is 0 Å². The number of ether oxygens (including phenoxy) is 3. The van der Waals surface area contributed by atoms with E-state index in [0.29, 0.717) is 24.9 Å². The number of carbonyl (C=O) groups excluding carboxylic acids is 4. The Morgan fingerprint density at radius 3 is 2.49 bits per heavy atom. The van der Waals surface area contributed by atoms with Crippen molar-refractivity contribution in [2.75, 3.05) is 5.32 Å². The molecule has 0 aromatic heterocycles. The molecule has 6 rings (SSSR count). The lowest BCUT2D eigenvalue weighted by Crippen LogP contribution is -2.67. The van der Waals surface area contributed by atoms with E-state index in [1.54, 1.807) is 24.3 Å². The van der Waals surface area contributed by atoms with E-state index in [4.69, 9.17) is 24.0 Å². The molecule has 0 aliphatic carbocycles. The average molecular weight is 573 g/mol. The highest BCUT2D eigenvalue weighted by Crippen LogP contribution is 2.54. The van der Waals surface area contributed by atoms with Crippen LogP contribution in [0.2, 0.25) is 0 Å². The molecule has 0 saturated carbocycles. The number of hydrogen-bond donors (Lipinski definition) is 2. The van der Waals surface area contributed by atoms with Crippen LogP contribution in [0.3, 0.4) is 0 Å². The number of anilines is 1. The maximum absolute atomic E-state index is 12.7. The van der Waals surface area contributed by atoms with Crippen LogP contribution < -0.4 is 10.6 Å². The minimum Gasteiger partial charge on any atom is -0.435 e. The highest BCUT2D eigenvalue weighted by Gasteiger charge is 2.65. The maximum atomic E-state index is 12.7. The topological polar surface area (TPSA) is 138 Å². The summed E-state index contributed by atoms with van der Waals surface area (Å²) >= 11 is 0. The number of esters is 1. The first-order valence-electron chi connectivity index (χ1n) is 14.6. The van der Waals surface area contributed by atoms with Gasteiger partial charge in [0.2, 0.25) is 29.8 Å². The lowest BCUT2D eigenvalue weighted by atomic mass is 9.69. The largest absolute Gasteiger partial charge is 0.435 e. The van der Waals surface area contributed by atoms with Crippen molar-refractivity contribution in [2.24, 2.45) is 17.8 Å².